The lowest BCUT2D eigenvalue weighted by Crippen LogP contribution is -2.23. The summed E-state index contributed by atoms with van der Waals surface area (Å²) in [6.07, 6.45) is 4.25. The van der Waals surface area contributed by atoms with Crippen LogP contribution in [0.25, 0.3) is 0 Å². The zero-order valence-electron chi connectivity index (χ0n) is 15.2. The van der Waals surface area contributed by atoms with Crippen LogP contribution in [0.4, 0.5) is 5.69 Å². The first kappa shape index (κ1) is 19.8. The van der Waals surface area contributed by atoms with E-state index >= 15 is 0 Å². The number of hydrogen-bond donors (Lipinski definition) is 2. The normalized spacial score (nSPS) is 10.3. The number of rotatable bonds is 7. The van der Waals surface area contributed by atoms with Gasteiger partial charge in [0, 0.05) is 35.5 Å². The molecule has 0 aliphatic carbocycles. The molecule has 6 heteroatoms. The lowest BCUT2D eigenvalue weighted by molar-refractivity contribution is -0.121. The average molecular weight is 438 g/mol. The number of halogens is 1. The quantitative estimate of drug-likeness (QED) is 0.577. The van der Waals surface area contributed by atoms with Crippen molar-refractivity contribution in [3.05, 3.63) is 94.2 Å². The van der Waals surface area contributed by atoms with Crippen LogP contribution in [0, 0.1) is 0 Å². The molecular formula is C22H20BrN3O2. The van der Waals surface area contributed by atoms with Gasteiger partial charge in [-0.3, -0.25) is 14.6 Å². The molecule has 0 atom stereocenters. The lowest BCUT2D eigenvalue weighted by atomic mass is 10.1. The summed E-state index contributed by atoms with van der Waals surface area (Å²) in [6.45, 7) is 0.411. The van der Waals surface area contributed by atoms with Crippen molar-refractivity contribution in [1.82, 2.24) is 10.3 Å². The summed E-state index contributed by atoms with van der Waals surface area (Å²) in [7, 11) is 0. The van der Waals surface area contributed by atoms with Gasteiger partial charge < -0.3 is 10.6 Å². The molecule has 2 amide bonds. The standard InChI is InChI=1S/C22H20BrN3O2/c23-19-7-1-4-16(12-19)9-10-21(27)25-14-17-5-2-8-20(13-17)26-22(28)18-6-3-11-24-15-18/h1-8,11-13,15H,9-10,14H2,(H,25,27)(H,26,28). The van der Waals surface area contributed by atoms with Gasteiger partial charge in [-0.2, -0.15) is 0 Å². The van der Waals surface area contributed by atoms with Crippen LogP contribution in [0.2, 0.25) is 0 Å². The van der Waals surface area contributed by atoms with E-state index in [9.17, 15) is 9.59 Å². The van der Waals surface area contributed by atoms with Crippen LogP contribution < -0.4 is 10.6 Å². The Hall–Kier alpha value is -2.99. The number of amides is 2. The van der Waals surface area contributed by atoms with Gasteiger partial charge in [0.05, 0.1) is 5.56 Å². The second-order valence-electron chi connectivity index (χ2n) is 6.30. The van der Waals surface area contributed by atoms with Gasteiger partial charge in [-0.1, -0.05) is 40.2 Å². The fraction of sp³-hybridized carbons (Fsp3) is 0.136. The molecular weight excluding hydrogens is 418 g/mol. The Morgan fingerprint density at radius 3 is 2.57 bits per heavy atom. The van der Waals surface area contributed by atoms with Crippen LogP contribution in [0.5, 0.6) is 0 Å². The second-order valence-corrected chi connectivity index (χ2v) is 7.22. The third-order valence-electron chi connectivity index (χ3n) is 4.13. The van der Waals surface area contributed by atoms with Gasteiger partial charge in [0.25, 0.3) is 5.91 Å². The number of pyridine rings is 1. The first-order valence-corrected chi connectivity index (χ1v) is 9.71. The predicted octanol–water partition coefficient (Wildman–Crippen LogP) is 4.35. The van der Waals surface area contributed by atoms with Crippen LogP contribution in [-0.4, -0.2) is 16.8 Å². The maximum absolute atomic E-state index is 12.2. The zero-order chi connectivity index (χ0) is 19.8. The Morgan fingerprint density at radius 2 is 1.79 bits per heavy atom. The molecule has 0 aliphatic heterocycles. The van der Waals surface area contributed by atoms with Gasteiger partial charge in [-0.25, -0.2) is 0 Å². The first-order valence-electron chi connectivity index (χ1n) is 8.91. The van der Waals surface area contributed by atoms with Crippen LogP contribution in [0.15, 0.2) is 77.5 Å². The number of hydrogen-bond acceptors (Lipinski definition) is 3. The zero-order valence-corrected chi connectivity index (χ0v) is 16.8. The van der Waals surface area contributed by atoms with E-state index in [1.165, 1.54) is 6.20 Å². The number of nitrogens with one attached hydrogen (secondary N) is 2. The molecule has 0 saturated heterocycles. The van der Waals surface area contributed by atoms with Crippen molar-refractivity contribution in [3.63, 3.8) is 0 Å². The van der Waals surface area contributed by atoms with E-state index in [2.05, 4.69) is 31.5 Å². The monoisotopic (exact) mass is 437 g/mol. The highest BCUT2D eigenvalue weighted by Gasteiger charge is 2.07. The van der Waals surface area contributed by atoms with E-state index in [0.717, 1.165) is 15.6 Å². The number of carbonyl (C=O) groups excluding carboxylic acids is 2. The van der Waals surface area contributed by atoms with E-state index < -0.39 is 0 Å². The minimum Gasteiger partial charge on any atom is -0.352 e. The molecule has 0 bridgehead atoms. The second kappa shape index (κ2) is 9.80. The molecule has 1 aromatic heterocycles. The lowest BCUT2D eigenvalue weighted by Gasteiger charge is -2.09. The highest BCUT2D eigenvalue weighted by atomic mass is 79.9. The molecule has 5 nitrogen and oxygen atoms in total. The van der Waals surface area contributed by atoms with E-state index in [4.69, 9.17) is 0 Å². The van der Waals surface area contributed by atoms with E-state index in [0.29, 0.717) is 30.6 Å². The first-order chi connectivity index (χ1) is 13.6. The number of aryl methyl sites for hydroxylation is 1. The van der Waals surface area contributed by atoms with Crippen molar-refractivity contribution in [3.8, 4) is 0 Å². The van der Waals surface area contributed by atoms with Crippen LogP contribution >= 0.6 is 15.9 Å². The number of benzene rings is 2. The summed E-state index contributed by atoms with van der Waals surface area (Å²) >= 11 is 3.44. The van der Waals surface area contributed by atoms with Crippen molar-refractivity contribution in [2.24, 2.45) is 0 Å². The molecule has 0 spiro atoms. The highest BCUT2D eigenvalue weighted by molar-refractivity contribution is 9.10. The Kier molecular flexibility index (Phi) is 6.92. The largest absolute Gasteiger partial charge is 0.352 e. The summed E-state index contributed by atoms with van der Waals surface area (Å²) in [6, 6.07) is 18.8. The van der Waals surface area contributed by atoms with Gasteiger partial charge in [0.15, 0.2) is 0 Å². The molecule has 3 rings (SSSR count). The van der Waals surface area contributed by atoms with Gasteiger partial charge >= 0.3 is 0 Å². The predicted molar refractivity (Wildman–Crippen MR) is 113 cm³/mol. The molecule has 0 saturated carbocycles. The van der Waals surface area contributed by atoms with Gasteiger partial charge in [0.2, 0.25) is 5.91 Å². The van der Waals surface area contributed by atoms with E-state index in [1.807, 2.05) is 48.5 Å². The number of nitrogens with zero attached hydrogens (tertiary/aromatic N) is 1. The van der Waals surface area contributed by atoms with Crippen molar-refractivity contribution < 1.29 is 9.59 Å². The Balaban J connectivity index is 1.50. The summed E-state index contributed by atoms with van der Waals surface area (Å²) in [5.41, 5.74) is 3.20. The smallest absolute Gasteiger partial charge is 0.257 e. The number of carbonyl (C=O) groups is 2. The summed E-state index contributed by atoms with van der Waals surface area (Å²) in [5.74, 6) is -0.229. The SMILES string of the molecule is O=C(CCc1cccc(Br)c1)NCc1cccc(NC(=O)c2cccnc2)c1. The molecule has 1 heterocycles. The van der Waals surface area contributed by atoms with Gasteiger partial charge in [0.1, 0.15) is 0 Å². The maximum Gasteiger partial charge on any atom is 0.257 e. The highest BCUT2D eigenvalue weighted by Crippen LogP contribution is 2.14. The number of aromatic nitrogens is 1. The van der Waals surface area contributed by atoms with Crippen LogP contribution in [-0.2, 0) is 17.8 Å². The maximum atomic E-state index is 12.2. The topological polar surface area (TPSA) is 71.1 Å². The minimum atomic E-state index is -0.219. The molecule has 2 aromatic carbocycles. The third kappa shape index (κ3) is 6.03. The molecule has 0 fully saturated rings. The minimum absolute atomic E-state index is 0.00947. The average Bonchev–Trinajstić information content (AvgIpc) is 2.72. The van der Waals surface area contributed by atoms with Crippen molar-refractivity contribution in [1.29, 1.82) is 0 Å². The molecule has 2 N–H and O–H groups in total. The van der Waals surface area contributed by atoms with Gasteiger partial charge in [-0.15, -0.1) is 0 Å². The van der Waals surface area contributed by atoms with Crippen LogP contribution in [0.1, 0.15) is 27.9 Å². The molecule has 0 radical (unpaired) electrons. The Morgan fingerprint density at radius 1 is 0.964 bits per heavy atom. The Labute approximate surface area is 172 Å². The van der Waals surface area contributed by atoms with E-state index in [-0.39, 0.29) is 11.8 Å². The summed E-state index contributed by atoms with van der Waals surface area (Å²) in [5, 5.41) is 5.76. The Bertz CT molecular complexity index is 961. The van der Waals surface area contributed by atoms with Crippen LogP contribution in [0.3, 0.4) is 0 Å². The number of anilines is 1. The fourth-order valence-electron chi connectivity index (χ4n) is 2.70. The molecule has 3 aromatic rings. The molecule has 142 valence electrons. The van der Waals surface area contributed by atoms with Crippen molar-refractivity contribution in [2.75, 3.05) is 5.32 Å². The van der Waals surface area contributed by atoms with Crippen molar-refractivity contribution in [2.45, 2.75) is 19.4 Å². The molecule has 0 unspecified atom stereocenters. The summed E-state index contributed by atoms with van der Waals surface area (Å²) in [4.78, 5) is 28.3. The molecule has 0 aliphatic rings. The third-order valence-corrected chi connectivity index (χ3v) is 4.62. The van der Waals surface area contributed by atoms with Crippen molar-refractivity contribution >= 4 is 33.4 Å². The summed E-state index contributed by atoms with van der Waals surface area (Å²) < 4.78 is 1.01. The molecule has 28 heavy (non-hydrogen) atoms. The van der Waals surface area contributed by atoms with E-state index in [1.54, 1.807) is 18.3 Å². The fourth-order valence-corrected chi connectivity index (χ4v) is 3.15. The van der Waals surface area contributed by atoms with Gasteiger partial charge in [-0.05, 0) is 53.9 Å².